The molecule has 1 aromatic carbocycles. The highest BCUT2D eigenvalue weighted by atomic mass is 16.5. The van der Waals surface area contributed by atoms with Gasteiger partial charge in [-0.05, 0) is 30.5 Å². The Kier molecular flexibility index (Phi) is 7.32. The Bertz CT molecular complexity index is 639. The summed E-state index contributed by atoms with van der Waals surface area (Å²) in [6, 6.07) is 5.51. The van der Waals surface area contributed by atoms with Gasteiger partial charge in [-0.3, -0.25) is 4.79 Å². The molecule has 1 N–H and O–H groups in total. The summed E-state index contributed by atoms with van der Waals surface area (Å²) < 4.78 is 15.4. The normalized spacial score (nSPS) is 14.5. The van der Waals surface area contributed by atoms with Gasteiger partial charge < -0.3 is 24.4 Å². The van der Waals surface area contributed by atoms with Crippen LogP contribution in [0.25, 0.3) is 0 Å². The molecule has 0 bridgehead atoms. The molecular formula is C19H26N2O5. The molecule has 26 heavy (non-hydrogen) atoms. The summed E-state index contributed by atoms with van der Waals surface area (Å²) in [6.07, 6.45) is 2.80. The molecule has 2 rings (SSSR count). The highest BCUT2D eigenvalue weighted by Gasteiger charge is 2.24. The molecule has 1 aliphatic heterocycles. The van der Waals surface area contributed by atoms with E-state index in [-0.39, 0.29) is 18.6 Å². The summed E-state index contributed by atoms with van der Waals surface area (Å²) in [4.78, 5) is 25.9. The van der Waals surface area contributed by atoms with E-state index in [2.05, 4.69) is 11.9 Å². The number of piperidine rings is 1. The largest absolute Gasteiger partial charge is 0.493 e. The molecule has 0 aliphatic carbocycles. The molecule has 1 saturated heterocycles. The zero-order valence-corrected chi connectivity index (χ0v) is 15.3. The van der Waals surface area contributed by atoms with Gasteiger partial charge in [-0.15, -0.1) is 0 Å². The fraction of sp³-hybridized carbons (Fsp3) is 0.474. The summed E-state index contributed by atoms with van der Waals surface area (Å²) in [5.41, 5.74) is 0.876. The van der Waals surface area contributed by atoms with Gasteiger partial charge in [0.25, 0.3) is 0 Å². The molecule has 1 heterocycles. The van der Waals surface area contributed by atoms with E-state index in [0.717, 1.165) is 5.56 Å². The monoisotopic (exact) mass is 362 g/mol. The minimum absolute atomic E-state index is 0.0254. The lowest BCUT2D eigenvalue weighted by atomic mass is 10.0. The Morgan fingerprint density at radius 2 is 1.92 bits per heavy atom. The van der Waals surface area contributed by atoms with Crippen LogP contribution in [0.5, 0.6) is 11.5 Å². The fourth-order valence-corrected chi connectivity index (χ4v) is 2.89. The number of likely N-dealkylation sites (tertiary alicyclic amines) is 1. The minimum Gasteiger partial charge on any atom is -0.493 e. The molecule has 0 aromatic heterocycles. The Labute approximate surface area is 153 Å². The standard InChI is InChI=1S/C19H26N2O5/c1-4-11-26-19(23)20-15-7-9-21(10-8-15)18(22)13-14-5-6-16(24-2)17(12-14)25-3/h4-6,12,15H,1,7-11,13H2,2-3H3,(H,20,23). The SMILES string of the molecule is C=CCOC(=O)NC1CCN(C(=O)Cc2ccc(OC)c(OC)c2)CC1. The lowest BCUT2D eigenvalue weighted by Crippen LogP contribution is -2.47. The number of alkyl carbamates (subject to hydrolysis) is 1. The molecule has 0 spiro atoms. The maximum absolute atomic E-state index is 12.5. The van der Waals surface area contributed by atoms with Crippen LogP contribution in [-0.2, 0) is 16.0 Å². The van der Waals surface area contributed by atoms with E-state index in [0.29, 0.717) is 43.9 Å². The number of rotatable bonds is 7. The number of methoxy groups -OCH3 is 2. The van der Waals surface area contributed by atoms with Gasteiger partial charge in [0.05, 0.1) is 20.6 Å². The third-order valence-corrected chi connectivity index (χ3v) is 4.31. The second kappa shape index (κ2) is 9.70. The van der Waals surface area contributed by atoms with E-state index in [1.807, 2.05) is 17.0 Å². The van der Waals surface area contributed by atoms with Crippen molar-refractivity contribution in [3.8, 4) is 11.5 Å². The van der Waals surface area contributed by atoms with Gasteiger partial charge in [0, 0.05) is 19.1 Å². The van der Waals surface area contributed by atoms with Gasteiger partial charge in [0.2, 0.25) is 5.91 Å². The van der Waals surface area contributed by atoms with Crippen molar-refractivity contribution in [3.63, 3.8) is 0 Å². The molecule has 2 amide bonds. The average Bonchev–Trinajstić information content (AvgIpc) is 2.66. The average molecular weight is 362 g/mol. The third kappa shape index (κ3) is 5.40. The summed E-state index contributed by atoms with van der Waals surface area (Å²) in [5.74, 6) is 1.31. The fourth-order valence-electron chi connectivity index (χ4n) is 2.89. The lowest BCUT2D eigenvalue weighted by Gasteiger charge is -2.32. The van der Waals surface area contributed by atoms with Gasteiger partial charge in [-0.2, -0.15) is 0 Å². The topological polar surface area (TPSA) is 77.1 Å². The van der Waals surface area contributed by atoms with Crippen molar-refractivity contribution in [2.45, 2.75) is 25.3 Å². The minimum atomic E-state index is -0.444. The smallest absolute Gasteiger partial charge is 0.407 e. The van der Waals surface area contributed by atoms with Crippen molar-refractivity contribution in [2.24, 2.45) is 0 Å². The number of carbonyl (C=O) groups excluding carboxylic acids is 2. The molecule has 142 valence electrons. The van der Waals surface area contributed by atoms with Crippen molar-refractivity contribution in [2.75, 3.05) is 33.9 Å². The number of benzene rings is 1. The van der Waals surface area contributed by atoms with E-state index in [1.165, 1.54) is 6.08 Å². The predicted octanol–water partition coefficient (Wildman–Crippen LogP) is 2.15. The molecule has 1 aliphatic rings. The van der Waals surface area contributed by atoms with Crippen LogP contribution in [0, 0.1) is 0 Å². The molecule has 0 radical (unpaired) electrons. The number of ether oxygens (including phenoxy) is 3. The van der Waals surface area contributed by atoms with Crippen LogP contribution in [0.15, 0.2) is 30.9 Å². The first kappa shape index (κ1) is 19.6. The van der Waals surface area contributed by atoms with Gasteiger partial charge in [0.1, 0.15) is 6.61 Å². The molecule has 0 atom stereocenters. The van der Waals surface area contributed by atoms with Crippen LogP contribution in [0.3, 0.4) is 0 Å². The van der Waals surface area contributed by atoms with Crippen molar-refractivity contribution in [1.29, 1.82) is 0 Å². The summed E-state index contributed by atoms with van der Waals surface area (Å²) in [5, 5.41) is 2.81. The van der Waals surface area contributed by atoms with E-state index in [1.54, 1.807) is 20.3 Å². The van der Waals surface area contributed by atoms with E-state index < -0.39 is 6.09 Å². The van der Waals surface area contributed by atoms with E-state index >= 15 is 0 Å². The van der Waals surface area contributed by atoms with Crippen molar-refractivity contribution in [1.82, 2.24) is 10.2 Å². The molecule has 1 aromatic rings. The lowest BCUT2D eigenvalue weighted by molar-refractivity contribution is -0.131. The summed E-state index contributed by atoms with van der Waals surface area (Å²) in [7, 11) is 3.15. The predicted molar refractivity (Wildman–Crippen MR) is 97.5 cm³/mol. The third-order valence-electron chi connectivity index (χ3n) is 4.31. The molecule has 7 heteroatoms. The van der Waals surface area contributed by atoms with Crippen molar-refractivity contribution < 1.29 is 23.8 Å². The van der Waals surface area contributed by atoms with E-state index in [4.69, 9.17) is 14.2 Å². The molecule has 0 unspecified atom stereocenters. The van der Waals surface area contributed by atoms with Crippen LogP contribution in [-0.4, -0.2) is 56.9 Å². The zero-order valence-electron chi connectivity index (χ0n) is 15.3. The quantitative estimate of drug-likeness (QED) is 0.752. The summed E-state index contributed by atoms with van der Waals surface area (Å²) in [6.45, 7) is 4.91. The first-order chi connectivity index (χ1) is 12.6. The molecule has 7 nitrogen and oxygen atoms in total. The van der Waals surface area contributed by atoms with Gasteiger partial charge in [-0.25, -0.2) is 4.79 Å². The second-order valence-corrected chi connectivity index (χ2v) is 6.05. The van der Waals surface area contributed by atoms with Crippen molar-refractivity contribution in [3.05, 3.63) is 36.4 Å². The number of carbonyl (C=O) groups is 2. The number of amides is 2. The van der Waals surface area contributed by atoms with Crippen LogP contribution >= 0.6 is 0 Å². The number of hydrogen-bond acceptors (Lipinski definition) is 5. The van der Waals surface area contributed by atoms with E-state index in [9.17, 15) is 9.59 Å². The van der Waals surface area contributed by atoms with Gasteiger partial charge in [-0.1, -0.05) is 18.7 Å². The Hall–Kier alpha value is -2.70. The van der Waals surface area contributed by atoms with Crippen molar-refractivity contribution >= 4 is 12.0 Å². The first-order valence-corrected chi connectivity index (χ1v) is 8.60. The highest BCUT2D eigenvalue weighted by Crippen LogP contribution is 2.28. The first-order valence-electron chi connectivity index (χ1n) is 8.60. The second-order valence-electron chi connectivity index (χ2n) is 6.05. The molecule has 1 fully saturated rings. The zero-order chi connectivity index (χ0) is 18.9. The Balaban J connectivity index is 1.83. The number of nitrogens with zero attached hydrogens (tertiary/aromatic N) is 1. The van der Waals surface area contributed by atoms with Crippen LogP contribution in [0.4, 0.5) is 4.79 Å². The van der Waals surface area contributed by atoms with Gasteiger partial charge in [0.15, 0.2) is 11.5 Å². The number of hydrogen-bond donors (Lipinski definition) is 1. The molecular weight excluding hydrogens is 336 g/mol. The number of nitrogens with one attached hydrogen (secondary N) is 1. The molecule has 0 saturated carbocycles. The highest BCUT2D eigenvalue weighted by molar-refractivity contribution is 5.79. The summed E-state index contributed by atoms with van der Waals surface area (Å²) >= 11 is 0. The maximum atomic E-state index is 12.5. The van der Waals surface area contributed by atoms with Crippen LogP contribution in [0.1, 0.15) is 18.4 Å². The maximum Gasteiger partial charge on any atom is 0.407 e. The van der Waals surface area contributed by atoms with Gasteiger partial charge >= 0.3 is 6.09 Å². The Morgan fingerprint density at radius 1 is 1.23 bits per heavy atom. The van der Waals surface area contributed by atoms with Crippen LogP contribution < -0.4 is 14.8 Å². The van der Waals surface area contributed by atoms with Crippen LogP contribution in [0.2, 0.25) is 0 Å². The Morgan fingerprint density at radius 3 is 2.54 bits per heavy atom.